The zero-order valence-electron chi connectivity index (χ0n) is 9.37. The fourth-order valence-corrected chi connectivity index (χ4v) is 1.79. The number of aromatic nitrogens is 2. The highest BCUT2D eigenvalue weighted by Crippen LogP contribution is 2.30. The van der Waals surface area contributed by atoms with Gasteiger partial charge in [0.1, 0.15) is 0 Å². The lowest BCUT2D eigenvalue weighted by Crippen LogP contribution is -2.12. The van der Waals surface area contributed by atoms with Crippen molar-refractivity contribution in [1.82, 2.24) is 15.5 Å². The Balaban J connectivity index is 2.37. The summed E-state index contributed by atoms with van der Waals surface area (Å²) in [7, 11) is 1.82. The van der Waals surface area contributed by atoms with Gasteiger partial charge in [-0.3, -0.25) is 0 Å². The maximum absolute atomic E-state index is 6.06. The van der Waals surface area contributed by atoms with Crippen LogP contribution >= 0.6 is 23.2 Å². The SMILES string of the molecule is CNC(C)c1nnc(-c2ccc(Cl)cc2Cl)o1. The molecule has 17 heavy (non-hydrogen) atoms. The quantitative estimate of drug-likeness (QED) is 0.931. The maximum Gasteiger partial charge on any atom is 0.249 e. The van der Waals surface area contributed by atoms with Crippen molar-refractivity contribution >= 4 is 23.2 Å². The number of benzene rings is 1. The first kappa shape index (κ1) is 12.4. The Morgan fingerprint density at radius 2 is 2.06 bits per heavy atom. The summed E-state index contributed by atoms with van der Waals surface area (Å²) in [4.78, 5) is 0. The molecule has 90 valence electrons. The number of halogens is 2. The molecule has 4 nitrogen and oxygen atoms in total. The molecule has 0 saturated heterocycles. The van der Waals surface area contributed by atoms with Gasteiger partial charge in [0, 0.05) is 5.02 Å². The molecular weight excluding hydrogens is 261 g/mol. The largest absolute Gasteiger partial charge is 0.419 e. The molecule has 0 fully saturated rings. The van der Waals surface area contributed by atoms with E-state index in [1.54, 1.807) is 18.2 Å². The van der Waals surface area contributed by atoms with Gasteiger partial charge in [-0.1, -0.05) is 23.2 Å². The zero-order chi connectivity index (χ0) is 12.4. The van der Waals surface area contributed by atoms with Crippen molar-refractivity contribution < 1.29 is 4.42 Å². The minimum atomic E-state index is 0.00215. The van der Waals surface area contributed by atoms with E-state index in [9.17, 15) is 0 Å². The minimum absolute atomic E-state index is 0.00215. The third kappa shape index (κ3) is 2.60. The van der Waals surface area contributed by atoms with E-state index < -0.39 is 0 Å². The van der Waals surface area contributed by atoms with E-state index in [0.29, 0.717) is 27.4 Å². The van der Waals surface area contributed by atoms with Gasteiger partial charge in [-0.2, -0.15) is 0 Å². The monoisotopic (exact) mass is 271 g/mol. The molecule has 1 atom stereocenters. The van der Waals surface area contributed by atoms with Crippen molar-refractivity contribution in [2.45, 2.75) is 13.0 Å². The Morgan fingerprint density at radius 1 is 1.29 bits per heavy atom. The molecule has 6 heteroatoms. The molecule has 1 aromatic carbocycles. The van der Waals surface area contributed by atoms with Crippen LogP contribution in [0.1, 0.15) is 18.9 Å². The average molecular weight is 272 g/mol. The van der Waals surface area contributed by atoms with Crippen LogP contribution in [-0.4, -0.2) is 17.2 Å². The summed E-state index contributed by atoms with van der Waals surface area (Å²) >= 11 is 11.9. The lowest BCUT2D eigenvalue weighted by molar-refractivity contribution is 0.441. The van der Waals surface area contributed by atoms with Gasteiger partial charge in [-0.25, -0.2) is 0 Å². The van der Waals surface area contributed by atoms with Gasteiger partial charge in [-0.05, 0) is 32.2 Å². The molecule has 0 spiro atoms. The number of hydrogen-bond donors (Lipinski definition) is 1. The predicted octanol–water partition coefficient (Wildman–Crippen LogP) is 3.32. The van der Waals surface area contributed by atoms with Crippen LogP contribution < -0.4 is 5.32 Å². The highest BCUT2D eigenvalue weighted by molar-refractivity contribution is 6.36. The van der Waals surface area contributed by atoms with Crippen LogP contribution in [-0.2, 0) is 0 Å². The van der Waals surface area contributed by atoms with Crippen molar-refractivity contribution in [1.29, 1.82) is 0 Å². The van der Waals surface area contributed by atoms with Gasteiger partial charge in [-0.15, -0.1) is 10.2 Å². The second-order valence-corrected chi connectivity index (χ2v) is 4.42. The molecule has 0 bridgehead atoms. The van der Waals surface area contributed by atoms with Crippen LogP contribution in [0.2, 0.25) is 10.0 Å². The summed E-state index contributed by atoms with van der Waals surface area (Å²) in [5.41, 5.74) is 0.679. The summed E-state index contributed by atoms with van der Waals surface area (Å²) in [5, 5.41) is 12.0. The Morgan fingerprint density at radius 3 is 2.71 bits per heavy atom. The van der Waals surface area contributed by atoms with Gasteiger partial charge in [0.15, 0.2) is 0 Å². The number of nitrogens with one attached hydrogen (secondary N) is 1. The average Bonchev–Trinajstić information content (AvgIpc) is 2.77. The molecule has 2 rings (SSSR count). The highest BCUT2D eigenvalue weighted by Gasteiger charge is 2.15. The van der Waals surface area contributed by atoms with Crippen LogP contribution in [0.25, 0.3) is 11.5 Å². The molecule has 1 N–H and O–H groups in total. The van der Waals surface area contributed by atoms with Gasteiger partial charge in [0.2, 0.25) is 11.8 Å². The van der Waals surface area contributed by atoms with Crippen LogP contribution in [0.4, 0.5) is 0 Å². The maximum atomic E-state index is 6.06. The summed E-state index contributed by atoms with van der Waals surface area (Å²) in [6, 6.07) is 5.13. The van der Waals surface area contributed by atoms with Crippen molar-refractivity contribution in [2.75, 3.05) is 7.05 Å². The smallest absolute Gasteiger partial charge is 0.249 e. The highest BCUT2D eigenvalue weighted by atomic mass is 35.5. The van der Waals surface area contributed by atoms with Crippen LogP contribution in [0.5, 0.6) is 0 Å². The van der Waals surface area contributed by atoms with E-state index in [4.69, 9.17) is 27.6 Å². The second-order valence-electron chi connectivity index (χ2n) is 3.58. The van der Waals surface area contributed by atoms with E-state index in [2.05, 4.69) is 15.5 Å². The molecule has 0 amide bonds. The van der Waals surface area contributed by atoms with E-state index in [1.165, 1.54) is 0 Å². The molecule has 0 radical (unpaired) electrons. The molecule has 0 saturated carbocycles. The van der Waals surface area contributed by atoms with Gasteiger partial charge < -0.3 is 9.73 Å². The summed E-state index contributed by atoms with van der Waals surface area (Å²) in [6.45, 7) is 1.93. The van der Waals surface area contributed by atoms with Crippen LogP contribution in [0.15, 0.2) is 22.6 Å². The Hall–Kier alpha value is -1.10. The van der Waals surface area contributed by atoms with Crippen LogP contribution in [0, 0.1) is 0 Å². The Labute approximate surface area is 109 Å². The first-order valence-electron chi connectivity index (χ1n) is 5.08. The molecule has 2 aromatic rings. The third-order valence-corrected chi connectivity index (χ3v) is 2.95. The molecule has 0 aliphatic carbocycles. The Kier molecular flexibility index (Phi) is 3.66. The summed E-state index contributed by atoms with van der Waals surface area (Å²) < 4.78 is 5.53. The molecular formula is C11H11Cl2N3O. The van der Waals surface area contributed by atoms with Crippen molar-refractivity contribution in [3.63, 3.8) is 0 Å². The second kappa shape index (κ2) is 5.04. The zero-order valence-corrected chi connectivity index (χ0v) is 10.9. The van der Waals surface area contributed by atoms with E-state index in [-0.39, 0.29) is 6.04 Å². The molecule has 1 unspecified atom stereocenters. The standard InChI is InChI=1S/C11H11Cl2N3O/c1-6(14-2)10-15-16-11(17-10)8-4-3-7(12)5-9(8)13/h3-6,14H,1-2H3. The summed E-state index contributed by atoms with van der Waals surface area (Å²) in [6.07, 6.45) is 0. The van der Waals surface area contributed by atoms with Gasteiger partial charge >= 0.3 is 0 Å². The van der Waals surface area contributed by atoms with Crippen molar-refractivity contribution in [3.05, 3.63) is 34.1 Å². The predicted molar refractivity (Wildman–Crippen MR) is 67.2 cm³/mol. The van der Waals surface area contributed by atoms with E-state index in [1.807, 2.05) is 14.0 Å². The molecule has 0 aliphatic heterocycles. The lowest BCUT2D eigenvalue weighted by atomic mass is 10.2. The fourth-order valence-electron chi connectivity index (χ4n) is 1.30. The first-order valence-corrected chi connectivity index (χ1v) is 5.83. The third-order valence-electron chi connectivity index (χ3n) is 2.41. The van der Waals surface area contributed by atoms with Gasteiger partial charge in [0.05, 0.1) is 16.6 Å². The number of hydrogen-bond acceptors (Lipinski definition) is 4. The first-order chi connectivity index (χ1) is 8.11. The number of nitrogens with zero attached hydrogens (tertiary/aromatic N) is 2. The van der Waals surface area contributed by atoms with Crippen LogP contribution in [0.3, 0.4) is 0 Å². The van der Waals surface area contributed by atoms with Crippen molar-refractivity contribution in [3.8, 4) is 11.5 Å². The normalized spacial score (nSPS) is 12.7. The van der Waals surface area contributed by atoms with Gasteiger partial charge in [0.25, 0.3) is 0 Å². The van der Waals surface area contributed by atoms with E-state index in [0.717, 1.165) is 0 Å². The molecule has 1 aromatic heterocycles. The fraction of sp³-hybridized carbons (Fsp3) is 0.273. The molecule has 0 aliphatic rings. The van der Waals surface area contributed by atoms with E-state index >= 15 is 0 Å². The lowest BCUT2D eigenvalue weighted by Gasteiger charge is -2.03. The molecule has 1 heterocycles. The topological polar surface area (TPSA) is 51.0 Å². The minimum Gasteiger partial charge on any atom is -0.419 e. The summed E-state index contributed by atoms with van der Waals surface area (Å²) in [5.74, 6) is 0.914. The van der Waals surface area contributed by atoms with Crippen molar-refractivity contribution in [2.24, 2.45) is 0 Å². The Bertz CT molecular complexity index is 527. The number of rotatable bonds is 3.